The van der Waals surface area contributed by atoms with Gasteiger partial charge in [0.2, 0.25) is 0 Å². The van der Waals surface area contributed by atoms with Gasteiger partial charge >= 0.3 is 5.97 Å². The zero-order valence-electron chi connectivity index (χ0n) is 9.70. The molecule has 1 aromatic rings. The topological polar surface area (TPSA) is 40.5 Å². The third-order valence-electron chi connectivity index (χ3n) is 2.56. The second-order valence-electron chi connectivity index (χ2n) is 3.90. The molecule has 0 aromatic heterocycles. The number of halogens is 1. The van der Waals surface area contributed by atoms with Crippen LogP contribution in [0.3, 0.4) is 0 Å². The van der Waals surface area contributed by atoms with Crippen molar-refractivity contribution in [2.45, 2.75) is 19.3 Å². The second kappa shape index (κ2) is 4.96. The van der Waals surface area contributed by atoms with Crippen molar-refractivity contribution >= 4 is 11.7 Å². The zero-order valence-corrected chi connectivity index (χ0v) is 9.70. The minimum atomic E-state index is -0.878. The highest BCUT2D eigenvalue weighted by atomic mass is 19.1. The lowest BCUT2D eigenvalue weighted by molar-refractivity contribution is -0.138. The molecule has 1 rings (SSSR count). The Hall–Kier alpha value is -1.58. The summed E-state index contributed by atoms with van der Waals surface area (Å²) in [6.07, 6.45) is 0.488. The van der Waals surface area contributed by atoms with Gasteiger partial charge in [-0.25, -0.2) is 4.39 Å². The van der Waals surface area contributed by atoms with E-state index in [1.807, 2.05) is 6.92 Å². The number of carboxylic acids is 1. The fourth-order valence-electron chi connectivity index (χ4n) is 1.73. The molecule has 1 N–H and O–H groups in total. The van der Waals surface area contributed by atoms with Crippen molar-refractivity contribution in [3.05, 3.63) is 29.6 Å². The number of anilines is 1. The summed E-state index contributed by atoms with van der Waals surface area (Å²) in [7, 11) is 3.54. The van der Waals surface area contributed by atoms with Crippen molar-refractivity contribution in [3.8, 4) is 0 Å². The van der Waals surface area contributed by atoms with Crippen molar-refractivity contribution in [1.29, 1.82) is 0 Å². The van der Waals surface area contributed by atoms with Crippen LogP contribution in [-0.4, -0.2) is 25.2 Å². The fourth-order valence-corrected chi connectivity index (χ4v) is 1.73. The molecule has 88 valence electrons. The van der Waals surface area contributed by atoms with Gasteiger partial charge in [-0.2, -0.15) is 0 Å². The summed E-state index contributed by atoms with van der Waals surface area (Å²) in [5.41, 5.74) is 1.27. The Bertz CT molecular complexity index is 391. The number of aliphatic carboxylic acids is 1. The van der Waals surface area contributed by atoms with E-state index in [-0.39, 0.29) is 5.82 Å². The summed E-state index contributed by atoms with van der Waals surface area (Å²) in [5, 5.41) is 9.09. The average Bonchev–Trinajstić information content (AvgIpc) is 2.20. The summed E-state index contributed by atoms with van der Waals surface area (Å²) in [6.45, 7) is 1.81. The van der Waals surface area contributed by atoms with E-state index in [1.165, 1.54) is 12.1 Å². The molecule has 0 saturated heterocycles. The fraction of sp³-hybridized carbons (Fsp3) is 0.417. The van der Waals surface area contributed by atoms with Crippen molar-refractivity contribution in [2.75, 3.05) is 19.0 Å². The van der Waals surface area contributed by atoms with Gasteiger partial charge in [-0.3, -0.25) is 4.79 Å². The molecule has 0 spiro atoms. The third kappa shape index (κ3) is 2.51. The zero-order chi connectivity index (χ0) is 12.3. The first-order valence-corrected chi connectivity index (χ1v) is 5.17. The number of hydrogen-bond acceptors (Lipinski definition) is 2. The third-order valence-corrected chi connectivity index (χ3v) is 2.56. The Morgan fingerprint density at radius 1 is 1.50 bits per heavy atom. The van der Waals surface area contributed by atoms with Crippen LogP contribution in [-0.2, 0) is 4.79 Å². The Kier molecular flexibility index (Phi) is 3.88. The molecule has 0 saturated carbocycles. The molecule has 3 nitrogen and oxygen atoms in total. The highest BCUT2D eigenvalue weighted by Crippen LogP contribution is 2.29. The van der Waals surface area contributed by atoms with Crippen LogP contribution in [0.15, 0.2) is 18.2 Å². The van der Waals surface area contributed by atoms with Gasteiger partial charge < -0.3 is 10.0 Å². The minimum absolute atomic E-state index is 0.354. The lowest BCUT2D eigenvalue weighted by atomic mass is 9.94. The average molecular weight is 225 g/mol. The van der Waals surface area contributed by atoms with Gasteiger partial charge in [0.25, 0.3) is 0 Å². The molecule has 4 heteroatoms. The molecule has 0 bridgehead atoms. The maximum Gasteiger partial charge on any atom is 0.311 e. The van der Waals surface area contributed by atoms with E-state index < -0.39 is 11.9 Å². The molecule has 0 heterocycles. The predicted octanol–water partition coefficient (Wildman–Crippen LogP) is 2.47. The highest BCUT2D eigenvalue weighted by molar-refractivity contribution is 5.79. The van der Waals surface area contributed by atoms with E-state index >= 15 is 0 Å². The molecule has 0 radical (unpaired) electrons. The Balaban J connectivity index is 3.25. The first-order chi connectivity index (χ1) is 7.47. The molecule has 0 aliphatic rings. The van der Waals surface area contributed by atoms with Gasteiger partial charge in [0, 0.05) is 19.8 Å². The number of hydrogen-bond donors (Lipinski definition) is 1. The van der Waals surface area contributed by atoms with Crippen molar-refractivity contribution in [1.82, 2.24) is 0 Å². The summed E-state index contributed by atoms with van der Waals surface area (Å²) >= 11 is 0. The molecule has 1 unspecified atom stereocenters. The van der Waals surface area contributed by atoms with Crippen molar-refractivity contribution < 1.29 is 14.3 Å². The Morgan fingerprint density at radius 3 is 2.56 bits per heavy atom. The summed E-state index contributed by atoms with van der Waals surface area (Å²) in [6, 6.07) is 4.21. The number of benzene rings is 1. The van der Waals surface area contributed by atoms with Crippen molar-refractivity contribution in [3.63, 3.8) is 0 Å². The van der Waals surface area contributed by atoms with Crippen LogP contribution in [0.5, 0.6) is 0 Å². The van der Waals surface area contributed by atoms with Crippen LogP contribution in [0, 0.1) is 5.82 Å². The molecule has 0 amide bonds. The Morgan fingerprint density at radius 2 is 2.12 bits per heavy atom. The van der Waals surface area contributed by atoms with Crippen LogP contribution in [0.2, 0.25) is 0 Å². The SMILES string of the molecule is CCC(C(=O)O)c1ccc(F)cc1N(C)C. The normalized spacial score (nSPS) is 12.2. The number of carbonyl (C=O) groups is 1. The second-order valence-corrected chi connectivity index (χ2v) is 3.90. The smallest absolute Gasteiger partial charge is 0.311 e. The molecule has 0 fully saturated rings. The summed E-state index contributed by atoms with van der Waals surface area (Å²) < 4.78 is 13.1. The molecule has 1 aromatic carbocycles. The predicted molar refractivity (Wildman–Crippen MR) is 61.4 cm³/mol. The first kappa shape index (κ1) is 12.5. The number of rotatable bonds is 4. The first-order valence-electron chi connectivity index (χ1n) is 5.17. The lowest BCUT2D eigenvalue weighted by Crippen LogP contribution is -2.17. The van der Waals surface area contributed by atoms with Crippen LogP contribution in [0.1, 0.15) is 24.8 Å². The molecular formula is C12H16FNO2. The van der Waals surface area contributed by atoms with Crippen LogP contribution >= 0.6 is 0 Å². The molecule has 0 aliphatic heterocycles. The van der Waals surface area contributed by atoms with Gasteiger partial charge in [-0.15, -0.1) is 0 Å². The lowest BCUT2D eigenvalue weighted by Gasteiger charge is -2.21. The largest absolute Gasteiger partial charge is 0.481 e. The maximum absolute atomic E-state index is 13.1. The number of carboxylic acid groups (broad SMARTS) is 1. The van der Waals surface area contributed by atoms with Gasteiger partial charge in [0.15, 0.2) is 0 Å². The van der Waals surface area contributed by atoms with E-state index in [1.54, 1.807) is 25.1 Å². The maximum atomic E-state index is 13.1. The van der Waals surface area contributed by atoms with Crippen LogP contribution in [0.4, 0.5) is 10.1 Å². The van der Waals surface area contributed by atoms with Crippen LogP contribution in [0.25, 0.3) is 0 Å². The van der Waals surface area contributed by atoms with E-state index in [0.29, 0.717) is 17.7 Å². The van der Waals surface area contributed by atoms with Gasteiger partial charge in [0.05, 0.1) is 5.92 Å². The van der Waals surface area contributed by atoms with E-state index in [0.717, 1.165) is 0 Å². The van der Waals surface area contributed by atoms with Gasteiger partial charge in [0.1, 0.15) is 5.82 Å². The van der Waals surface area contributed by atoms with Gasteiger partial charge in [-0.1, -0.05) is 13.0 Å². The standard InChI is InChI=1S/C12H16FNO2/c1-4-9(12(15)16)10-6-5-8(13)7-11(10)14(2)3/h5-7,9H,4H2,1-3H3,(H,15,16). The summed E-state index contributed by atoms with van der Waals surface area (Å²) in [5.74, 6) is -1.82. The minimum Gasteiger partial charge on any atom is -0.481 e. The van der Waals surface area contributed by atoms with E-state index in [9.17, 15) is 9.18 Å². The monoisotopic (exact) mass is 225 g/mol. The number of nitrogens with zero attached hydrogens (tertiary/aromatic N) is 1. The molecule has 16 heavy (non-hydrogen) atoms. The van der Waals surface area contributed by atoms with E-state index in [2.05, 4.69) is 0 Å². The molecule has 0 aliphatic carbocycles. The highest BCUT2D eigenvalue weighted by Gasteiger charge is 2.21. The molecule has 1 atom stereocenters. The van der Waals surface area contributed by atoms with E-state index in [4.69, 9.17) is 5.11 Å². The van der Waals surface area contributed by atoms with Crippen molar-refractivity contribution in [2.24, 2.45) is 0 Å². The van der Waals surface area contributed by atoms with Crippen LogP contribution < -0.4 is 4.90 Å². The quantitative estimate of drug-likeness (QED) is 0.855. The molecular weight excluding hydrogens is 209 g/mol. The summed E-state index contributed by atoms with van der Waals surface area (Å²) in [4.78, 5) is 12.8. The van der Waals surface area contributed by atoms with Gasteiger partial charge in [-0.05, 0) is 24.1 Å². The Labute approximate surface area is 94.5 Å².